The van der Waals surface area contributed by atoms with Crippen LogP contribution < -0.4 is 19.1 Å². The molecule has 4 aromatic carbocycles. The topological polar surface area (TPSA) is 84.9 Å². The number of anilines is 2. The van der Waals surface area contributed by atoms with E-state index in [1.165, 1.54) is 37.1 Å². The van der Waals surface area contributed by atoms with Gasteiger partial charge in [0.25, 0.3) is 10.0 Å². The molecule has 0 aromatic heterocycles. The molecule has 0 bridgehead atoms. The van der Waals surface area contributed by atoms with Gasteiger partial charge in [-0.3, -0.25) is 9.10 Å². The molecule has 0 aliphatic heterocycles. The van der Waals surface area contributed by atoms with Gasteiger partial charge in [0.1, 0.15) is 6.54 Å². The number of nitrogens with one attached hydrogen (secondary N) is 1. The molecule has 202 valence electrons. The number of hydrogen-bond donors (Lipinski definition) is 1. The molecule has 0 heterocycles. The molecule has 0 aliphatic carbocycles. The molecule has 10 heteroatoms. The lowest BCUT2D eigenvalue weighted by Crippen LogP contribution is -2.38. The van der Waals surface area contributed by atoms with Crippen LogP contribution in [-0.2, 0) is 14.8 Å². The zero-order valence-corrected chi connectivity index (χ0v) is 23.9. The molecule has 4 aromatic rings. The summed E-state index contributed by atoms with van der Waals surface area (Å²) >= 11 is 7.72. The normalized spacial score (nSPS) is 11.1. The number of amides is 1. The van der Waals surface area contributed by atoms with E-state index in [1.54, 1.807) is 66.7 Å². The van der Waals surface area contributed by atoms with Gasteiger partial charge in [-0.15, -0.1) is 11.8 Å². The summed E-state index contributed by atoms with van der Waals surface area (Å²) in [5.41, 5.74) is 1.60. The van der Waals surface area contributed by atoms with E-state index in [1.807, 2.05) is 19.2 Å². The van der Waals surface area contributed by atoms with Gasteiger partial charge >= 0.3 is 0 Å². The predicted molar refractivity (Wildman–Crippen MR) is 157 cm³/mol. The maximum absolute atomic E-state index is 13.7. The Labute approximate surface area is 237 Å². The highest BCUT2D eigenvalue weighted by Crippen LogP contribution is 2.36. The van der Waals surface area contributed by atoms with E-state index in [0.717, 1.165) is 14.8 Å². The Kier molecular flexibility index (Phi) is 9.06. The maximum Gasteiger partial charge on any atom is 0.264 e. The summed E-state index contributed by atoms with van der Waals surface area (Å²) in [6, 6.07) is 25.3. The van der Waals surface area contributed by atoms with Crippen LogP contribution in [0.1, 0.15) is 5.56 Å². The fourth-order valence-electron chi connectivity index (χ4n) is 3.73. The third-order valence-electron chi connectivity index (χ3n) is 5.76. The van der Waals surface area contributed by atoms with Gasteiger partial charge in [0.2, 0.25) is 5.91 Å². The highest BCUT2D eigenvalue weighted by atomic mass is 35.5. The Morgan fingerprint density at radius 2 is 1.59 bits per heavy atom. The van der Waals surface area contributed by atoms with Gasteiger partial charge in [-0.1, -0.05) is 41.4 Å². The summed E-state index contributed by atoms with van der Waals surface area (Å²) in [5, 5.41) is 3.13. The van der Waals surface area contributed by atoms with E-state index >= 15 is 0 Å². The fraction of sp³-hybridized carbons (Fsp3) is 0.138. The van der Waals surface area contributed by atoms with Crippen LogP contribution in [-0.4, -0.2) is 34.2 Å². The van der Waals surface area contributed by atoms with Crippen molar-refractivity contribution in [2.75, 3.05) is 29.5 Å². The Hall–Kier alpha value is -3.66. The highest BCUT2D eigenvalue weighted by Gasteiger charge is 2.28. The van der Waals surface area contributed by atoms with Crippen molar-refractivity contribution >= 4 is 50.7 Å². The van der Waals surface area contributed by atoms with Crippen LogP contribution in [0.4, 0.5) is 11.4 Å². The van der Waals surface area contributed by atoms with E-state index in [9.17, 15) is 13.2 Å². The minimum Gasteiger partial charge on any atom is -0.493 e. The average molecular weight is 583 g/mol. The molecule has 39 heavy (non-hydrogen) atoms. The lowest BCUT2D eigenvalue weighted by Gasteiger charge is -2.24. The van der Waals surface area contributed by atoms with Crippen LogP contribution in [0.15, 0.2) is 101 Å². The van der Waals surface area contributed by atoms with E-state index in [0.29, 0.717) is 28.0 Å². The van der Waals surface area contributed by atoms with Crippen molar-refractivity contribution in [2.24, 2.45) is 0 Å². The van der Waals surface area contributed by atoms with Gasteiger partial charge in [0.05, 0.1) is 23.4 Å². The standard InChI is InChI=1S/C29H27ClN2O5S2/c1-20-8-11-22(12-9-20)32(39(34,35)24-15-13-23(38-3)14-16-24)19-29(33)31-25-18-21(30)10-17-26(25)37-28-7-5-4-6-27(28)36-2/h4-18H,19H2,1-3H3,(H,31,33). The number of aryl methyl sites for hydroxylation is 1. The third-order valence-corrected chi connectivity index (χ3v) is 8.53. The highest BCUT2D eigenvalue weighted by molar-refractivity contribution is 7.98. The molecule has 0 aliphatic rings. The SMILES string of the molecule is COc1ccccc1Oc1ccc(Cl)cc1NC(=O)CN(c1ccc(C)cc1)S(=O)(=O)c1ccc(SC)cc1. The number of nitrogens with zero attached hydrogens (tertiary/aromatic N) is 1. The summed E-state index contributed by atoms with van der Waals surface area (Å²) in [7, 11) is -2.54. The number of methoxy groups -OCH3 is 1. The van der Waals surface area contributed by atoms with E-state index in [2.05, 4.69) is 5.32 Å². The molecular weight excluding hydrogens is 556 g/mol. The first-order valence-corrected chi connectivity index (χ1v) is 14.9. The zero-order chi connectivity index (χ0) is 28.0. The summed E-state index contributed by atoms with van der Waals surface area (Å²) in [6.07, 6.45) is 1.91. The van der Waals surface area contributed by atoms with Crippen molar-refractivity contribution in [3.05, 3.63) is 102 Å². The van der Waals surface area contributed by atoms with Gasteiger partial charge in [0, 0.05) is 9.92 Å². The minimum absolute atomic E-state index is 0.0802. The Bertz CT molecular complexity index is 1560. The fourth-order valence-corrected chi connectivity index (χ4v) is 5.73. The lowest BCUT2D eigenvalue weighted by atomic mass is 10.2. The number of sulfonamides is 1. The van der Waals surface area contributed by atoms with E-state index in [4.69, 9.17) is 21.1 Å². The first kappa shape index (κ1) is 28.4. The number of benzene rings is 4. The van der Waals surface area contributed by atoms with Crippen molar-refractivity contribution in [3.8, 4) is 17.2 Å². The summed E-state index contributed by atoms with van der Waals surface area (Å²) < 4.78 is 39.9. The van der Waals surface area contributed by atoms with Gasteiger partial charge in [-0.25, -0.2) is 8.42 Å². The second-order valence-corrected chi connectivity index (χ2v) is 11.6. The molecule has 0 spiro atoms. The number of carbonyl (C=O) groups is 1. The largest absolute Gasteiger partial charge is 0.493 e. The molecule has 0 saturated heterocycles. The van der Waals surface area contributed by atoms with Crippen LogP contribution in [0.2, 0.25) is 5.02 Å². The monoisotopic (exact) mass is 582 g/mol. The van der Waals surface area contributed by atoms with Crippen molar-refractivity contribution in [1.82, 2.24) is 0 Å². The smallest absolute Gasteiger partial charge is 0.264 e. The molecule has 0 radical (unpaired) electrons. The maximum atomic E-state index is 13.7. The molecule has 4 rings (SSSR count). The molecule has 0 saturated carbocycles. The molecule has 1 N–H and O–H groups in total. The van der Waals surface area contributed by atoms with Crippen LogP contribution in [0.25, 0.3) is 0 Å². The van der Waals surface area contributed by atoms with Crippen LogP contribution in [0.5, 0.6) is 17.2 Å². The van der Waals surface area contributed by atoms with Crippen LogP contribution in [0.3, 0.4) is 0 Å². The molecule has 0 fully saturated rings. The predicted octanol–water partition coefficient (Wildman–Crippen LogP) is 7.01. The summed E-state index contributed by atoms with van der Waals surface area (Å²) in [4.78, 5) is 14.3. The first-order valence-electron chi connectivity index (χ1n) is 11.8. The van der Waals surface area contributed by atoms with Gasteiger partial charge in [-0.2, -0.15) is 0 Å². The van der Waals surface area contributed by atoms with E-state index in [-0.39, 0.29) is 10.6 Å². The third kappa shape index (κ3) is 6.86. The van der Waals surface area contributed by atoms with E-state index < -0.39 is 22.5 Å². The number of thioether (sulfide) groups is 1. The van der Waals surface area contributed by atoms with Crippen molar-refractivity contribution in [2.45, 2.75) is 16.7 Å². The summed E-state index contributed by atoms with van der Waals surface area (Å²) in [5.74, 6) is 0.686. The van der Waals surface area contributed by atoms with Crippen molar-refractivity contribution < 1.29 is 22.7 Å². The molecular formula is C29H27ClN2O5S2. The summed E-state index contributed by atoms with van der Waals surface area (Å²) in [6.45, 7) is 1.43. The number of halogens is 1. The Morgan fingerprint density at radius 3 is 2.23 bits per heavy atom. The van der Waals surface area contributed by atoms with Crippen molar-refractivity contribution in [1.29, 1.82) is 0 Å². The average Bonchev–Trinajstić information content (AvgIpc) is 2.94. The Morgan fingerprint density at radius 1 is 0.923 bits per heavy atom. The second-order valence-electron chi connectivity index (χ2n) is 8.46. The van der Waals surface area contributed by atoms with Crippen molar-refractivity contribution in [3.63, 3.8) is 0 Å². The first-order chi connectivity index (χ1) is 18.7. The number of para-hydroxylation sites is 2. The minimum atomic E-state index is -4.07. The number of ether oxygens (including phenoxy) is 2. The van der Waals surface area contributed by atoms with Gasteiger partial charge in [0.15, 0.2) is 17.2 Å². The number of hydrogen-bond acceptors (Lipinski definition) is 6. The number of carbonyl (C=O) groups excluding carboxylic acids is 1. The second kappa shape index (κ2) is 12.5. The molecule has 0 atom stereocenters. The Balaban J connectivity index is 1.64. The molecule has 7 nitrogen and oxygen atoms in total. The lowest BCUT2D eigenvalue weighted by molar-refractivity contribution is -0.114. The van der Waals surface area contributed by atoms with Crippen LogP contribution >= 0.6 is 23.4 Å². The zero-order valence-electron chi connectivity index (χ0n) is 21.6. The van der Waals surface area contributed by atoms with Gasteiger partial charge in [-0.05, 0) is 79.9 Å². The quantitative estimate of drug-likeness (QED) is 0.203. The molecule has 0 unspecified atom stereocenters. The van der Waals surface area contributed by atoms with Gasteiger partial charge < -0.3 is 14.8 Å². The molecule has 1 amide bonds. The van der Waals surface area contributed by atoms with Crippen LogP contribution in [0, 0.1) is 6.92 Å². The number of rotatable bonds is 10.